The normalized spacial score (nSPS) is 31.2. The van der Waals surface area contributed by atoms with Gasteiger partial charge in [-0.25, -0.2) is 0 Å². The van der Waals surface area contributed by atoms with Crippen LogP contribution in [0.4, 0.5) is 0 Å². The molecule has 0 bridgehead atoms. The first-order valence-electron chi connectivity index (χ1n) is 6.15. The maximum absolute atomic E-state index is 11.8. The zero-order chi connectivity index (χ0) is 10.8. The molecule has 1 heterocycles. The average molecular weight is 208 g/mol. The quantitative estimate of drug-likeness (QED) is 0.696. The number of hydrogen-bond acceptors (Lipinski definition) is 2. The van der Waals surface area contributed by atoms with Gasteiger partial charge in [0.25, 0.3) is 0 Å². The van der Waals surface area contributed by atoms with E-state index in [-0.39, 0.29) is 0 Å². The Morgan fingerprint density at radius 2 is 2.20 bits per heavy atom. The maximum Gasteiger partial charge on any atom is 0.162 e. The van der Waals surface area contributed by atoms with Gasteiger partial charge >= 0.3 is 0 Å². The molecule has 84 valence electrons. The second-order valence-electron chi connectivity index (χ2n) is 4.78. The number of Topliss-reactive ketones (excluding diaryl/α,β-unsaturated/α-hetero) is 1. The van der Waals surface area contributed by atoms with Crippen molar-refractivity contribution < 1.29 is 9.53 Å². The molecule has 0 spiro atoms. The molecule has 0 unspecified atom stereocenters. The minimum Gasteiger partial charge on any atom is -0.494 e. The van der Waals surface area contributed by atoms with Crippen molar-refractivity contribution in [2.45, 2.75) is 58.5 Å². The van der Waals surface area contributed by atoms with Crippen molar-refractivity contribution in [1.82, 2.24) is 0 Å². The lowest BCUT2D eigenvalue weighted by Crippen LogP contribution is -2.29. The summed E-state index contributed by atoms with van der Waals surface area (Å²) in [6.07, 6.45) is 6.34. The highest BCUT2D eigenvalue weighted by Gasteiger charge is 2.33. The Kier molecular flexibility index (Phi) is 3.13. The molecule has 0 saturated carbocycles. The molecule has 1 aliphatic heterocycles. The van der Waals surface area contributed by atoms with Crippen LogP contribution in [-0.2, 0) is 9.53 Å². The Morgan fingerprint density at radius 1 is 1.40 bits per heavy atom. The van der Waals surface area contributed by atoms with Crippen LogP contribution in [0.15, 0.2) is 11.3 Å². The third-order valence-electron chi connectivity index (χ3n) is 3.44. The summed E-state index contributed by atoms with van der Waals surface area (Å²) >= 11 is 0. The lowest BCUT2D eigenvalue weighted by atomic mass is 9.82. The van der Waals surface area contributed by atoms with E-state index in [1.807, 2.05) is 0 Å². The van der Waals surface area contributed by atoms with E-state index in [9.17, 15) is 4.79 Å². The fraction of sp³-hybridized carbons (Fsp3) is 0.769. The Hall–Kier alpha value is -0.790. The summed E-state index contributed by atoms with van der Waals surface area (Å²) in [7, 11) is 0. The highest BCUT2D eigenvalue weighted by Crippen LogP contribution is 2.37. The van der Waals surface area contributed by atoms with Gasteiger partial charge in [-0.2, -0.15) is 0 Å². The van der Waals surface area contributed by atoms with E-state index in [1.54, 1.807) is 0 Å². The molecule has 2 rings (SSSR count). The van der Waals surface area contributed by atoms with Crippen LogP contribution >= 0.6 is 0 Å². The van der Waals surface area contributed by atoms with E-state index in [0.29, 0.717) is 17.8 Å². The van der Waals surface area contributed by atoms with Crippen molar-refractivity contribution in [1.29, 1.82) is 0 Å². The summed E-state index contributed by atoms with van der Waals surface area (Å²) < 4.78 is 5.93. The summed E-state index contributed by atoms with van der Waals surface area (Å²) in [6.45, 7) is 4.35. The summed E-state index contributed by atoms with van der Waals surface area (Å²) in [5.41, 5.74) is 1.01. The first-order chi connectivity index (χ1) is 7.22. The van der Waals surface area contributed by atoms with Gasteiger partial charge in [0.1, 0.15) is 5.76 Å². The predicted octanol–water partition coefficient (Wildman–Crippen LogP) is 3.22. The first-order valence-corrected chi connectivity index (χ1v) is 6.15. The second-order valence-corrected chi connectivity index (χ2v) is 4.78. The van der Waals surface area contributed by atoms with Gasteiger partial charge in [0.2, 0.25) is 0 Å². The molecule has 2 atom stereocenters. The molecular formula is C13H20O2. The Balaban J connectivity index is 2.17. The molecule has 2 nitrogen and oxygen atoms in total. The highest BCUT2D eigenvalue weighted by atomic mass is 16.5. The summed E-state index contributed by atoms with van der Waals surface area (Å²) in [4.78, 5) is 11.8. The zero-order valence-electron chi connectivity index (χ0n) is 9.71. The molecule has 0 radical (unpaired) electrons. The van der Waals surface area contributed by atoms with Crippen LogP contribution in [0, 0.1) is 5.92 Å². The Morgan fingerprint density at radius 3 is 2.93 bits per heavy atom. The number of hydrogen-bond donors (Lipinski definition) is 0. The van der Waals surface area contributed by atoms with Crippen LogP contribution in [0.5, 0.6) is 0 Å². The smallest absolute Gasteiger partial charge is 0.162 e. The summed E-state index contributed by atoms with van der Waals surface area (Å²) in [5, 5.41) is 0. The number of carbonyl (C=O) groups excluding carboxylic acids is 1. The molecule has 1 aliphatic carbocycles. The molecule has 2 heteroatoms. The molecule has 0 aromatic heterocycles. The van der Waals surface area contributed by atoms with Crippen LogP contribution in [-0.4, -0.2) is 11.9 Å². The number of carbonyl (C=O) groups is 1. The summed E-state index contributed by atoms with van der Waals surface area (Å²) in [5.74, 6) is 1.76. The van der Waals surface area contributed by atoms with Gasteiger partial charge < -0.3 is 4.74 Å². The fourth-order valence-electron chi connectivity index (χ4n) is 2.77. The van der Waals surface area contributed by atoms with Crippen molar-refractivity contribution in [3.8, 4) is 0 Å². The largest absolute Gasteiger partial charge is 0.494 e. The molecule has 0 N–H and O–H groups in total. The van der Waals surface area contributed by atoms with E-state index in [4.69, 9.17) is 4.74 Å². The van der Waals surface area contributed by atoms with Crippen molar-refractivity contribution >= 4 is 5.78 Å². The Labute approximate surface area is 91.7 Å². The van der Waals surface area contributed by atoms with Crippen LogP contribution in [0.1, 0.15) is 52.4 Å². The van der Waals surface area contributed by atoms with Gasteiger partial charge in [0.15, 0.2) is 5.78 Å². The standard InChI is InChI=1S/C13H20O2/c1-3-5-10-8-9(2)13-11(14)6-4-7-12(13)15-10/h9-10H,3-8H2,1-2H3/t9-,10+/m1/s1. The lowest BCUT2D eigenvalue weighted by molar-refractivity contribution is -0.118. The van der Waals surface area contributed by atoms with Gasteiger partial charge in [-0.15, -0.1) is 0 Å². The molecule has 2 aliphatic rings. The van der Waals surface area contributed by atoms with Gasteiger partial charge in [-0.1, -0.05) is 20.3 Å². The third-order valence-corrected chi connectivity index (χ3v) is 3.44. The number of rotatable bonds is 2. The molecule has 0 aromatic carbocycles. The van der Waals surface area contributed by atoms with E-state index < -0.39 is 0 Å². The van der Waals surface area contributed by atoms with Crippen molar-refractivity contribution in [2.75, 3.05) is 0 Å². The van der Waals surface area contributed by atoms with E-state index in [2.05, 4.69) is 13.8 Å². The average Bonchev–Trinajstić information content (AvgIpc) is 2.17. The molecule has 0 amide bonds. The third kappa shape index (κ3) is 2.09. The van der Waals surface area contributed by atoms with E-state index in [0.717, 1.165) is 49.9 Å². The van der Waals surface area contributed by atoms with E-state index in [1.165, 1.54) is 0 Å². The minimum atomic E-state index is 0.332. The SMILES string of the molecule is CCC[C@H]1C[C@@H](C)C2=C(CCCC2=O)O1. The summed E-state index contributed by atoms with van der Waals surface area (Å²) in [6, 6.07) is 0. The van der Waals surface area contributed by atoms with Crippen LogP contribution in [0.2, 0.25) is 0 Å². The predicted molar refractivity (Wildman–Crippen MR) is 59.4 cm³/mol. The zero-order valence-corrected chi connectivity index (χ0v) is 9.71. The maximum atomic E-state index is 11.8. The lowest BCUT2D eigenvalue weighted by Gasteiger charge is -2.34. The monoisotopic (exact) mass is 208 g/mol. The van der Waals surface area contributed by atoms with Crippen molar-refractivity contribution in [3.05, 3.63) is 11.3 Å². The van der Waals surface area contributed by atoms with Gasteiger partial charge in [0, 0.05) is 18.4 Å². The number of ether oxygens (including phenoxy) is 1. The molecule has 0 saturated heterocycles. The fourth-order valence-corrected chi connectivity index (χ4v) is 2.77. The molecule has 0 aromatic rings. The van der Waals surface area contributed by atoms with Gasteiger partial charge in [-0.3, -0.25) is 4.79 Å². The topological polar surface area (TPSA) is 26.3 Å². The van der Waals surface area contributed by atoms with Gasteiger partial charge in [-0.05, 0) is 25.2 Å². The van der Waals surface area contributed by atoms with E-state index >= 15 is 0 Å². The first kappa shape index (κ1) is 10.7. The molecular weight excluding hydrogens is 188 g/mol. The number of ketones is 1. The number of allylic oxidation sites excluding steroid dienone is 2. The minimum absolute atomic E-state index is 0.332. The Bertz CT molecular complexity index is 291. The second kappa shape index (κ2) is 4.38. The molecule has 15 heavy (non-hydrogen) atoms. The van der Waals surface area contributed by atoms with Crippen molar-refractivity contribution in [2.24, 2.45) is 5.92 Å². The van der Waals surface area contributed by atoms with Crippen LogP contribution in [0.25, 0.3) is 0 Å². The molecule has 0 fully saturated rings. The van der Waals surface area contributed by atoms with Crippen LogP contribution < -0.4 is 0 Å². The van der Waals surface area contributed by atoms with Crippen molar-refractivity contribution in [3.63, 3.8) is 0 Å². The van der Waals surface area contributed by atoms with Gasteiger partial charge in [0.05, 0.1) is 6.10 Å². The highest BCUT2D eigenvalue weighted by molar-refractivity contribution is 5.97. The van der Waals surface area contributed by atoms with Crippen LogP contribution in [0.3, 0.4) is 0 Å².